The predicted octanol–water partition coefficient (Wildman–Crippen LogP) is 1.50. The third-order valence-electron chi connectivity index (χ3n) is 3.56. The van der Waals surface area contributed by atoms with Gasteiger partial charge in [-0.25, -0.2) is 0 Å². The van der Waals surface area contributed by atoms with Gasteiger partial charge in [0, 0.05) is 18.6 Å². The van der Waals surface area contributed by atoms with E-state index in [0.29, 0.717) is 6.04 Å². The normalized spacial score (nSPS) is 28.9. The lowest BCUT2D eigenvalue weighted by atomic mass is 10.1. The Morgan fingerprint density at radius 1 is 1.47 bits per heavy atom. The van der Waals surface area contributed by atoms with Gasteiger partial charge in [-0.15, -0.1) is 0 Å². The molecule has 0 spiro atoms. The maximum absolute atomic E-state index is 9.08. The molecule has 1 heterocycles. The number of nitrogens with one attached hydrogen (secondary N) is 1. The molecular formula is C12H21N3. The quantitative estimate of drug-likeness (QED) is 0.742. The van der Waals surface area contributed by atoms with Gasteiger partial charge >= 0.3 is 0 Å². The van der Waals surface area contributed by atoms with E-state index in [4.69, 9.17) is 5.26 Å². The third kappa shape index (κ3) is 2.93. The van der Waals surface area contributed by atoms with Crippen molar-refractivity contribution < 1.29 is 0 Å². The molecule has 84 valence electrons. The minimum absolute atomic E-state index is 0.0460. The lowest BCUT2D eigenvalue weighted by molar-refractivity contribution is 0.234. The molecule has 2 fully saturated rings. The summed E-state index contributed by atoms with van der Waals surface area (Å²) in [7, 11) is 0. The van der Waals surface area contributed by atoms with Gasteiger partial charge < -0.3 is 0 Å². The molecule has 2 rings (SSSR count). The first-order valence-electron chi connectivity index (χ1n) is 6.23. The number of nitrogens with zero attached hydrogens (tertiary/aromatic N) is 2. The first kappa shape index (κ1) is 10.9. The molecule has 0 amide bonds. The Kier molecular flexibility index (Phi) is 3.61. The van der Waals surface area contributed by atoms with Crippen molar-refractivity contribution in [2.45, 2.75) is 57.2 Å². The standard InChI is InChI=1S/C12H21N3/c1-2-12-4-3-7-15(12)9-11(8-13)14-10-5-6-10/h10-12,14H,2-7,9H2,1H3. The summed E-state index contributed by atoms with van der Waals surface area (Å²) in [5.74, 6) is 0. The number of likely N-dealkylation sites (tertiary alicyclic amines) is 1. The average molecular weight is 207 g/mol. The SMILES string of the molecule is CCC1CCCN1CC(C#N)NC1CC1. The summed E-state index contributed by atoms with van der Waals surface area (Å²) in [5.41, 5.74) is 0. The second-order valence-electron chi connectivity index (χ2n) is 4.82. The summed E-state index contributed by atoms with van der Waals surface area (Å²) in [6.07, 6.45) is 6.37. The van der Waals surface area contributed by atoms with Crippen molar-refractivity contribution >= 4 is 0 Å². The zero-order chi connectivity index (χ0) is 10.7. The lowest BCUT2D eigenvalue weighted by Gasteiger charge is -2.25. The highest BCUT2D eigenvalue weighted by atomic mass is 15.2. The molecule has 1 saturated heterocycles. The Labute approximate surface area is 92.4 Å². The van der Waals surface area contributed by atoms with E-state index in [0.717, 1.165) is 12.6 Å². The molecule has 1 N–H and O–H groups in total. The van der Waals surface area contributed by atoms with E-state index in [1.165, 1.54) is 38.6 Å². The molecule has 2 unspecified atom stereocenters. The predicted molar refractivity (Wildman–Crippen MR) is 60.4 cm³/mol. The molecule has 0 aromatic heterocycles. The van der Waals surface area contributed by atoms with Gasteiger partial charge in [0.25, 0.3) is 0 Å². The Bertz CT molecular complexity index is 242. The average Bonchev–Trinajstić information content (AvgIpc) is 2.95. The van der Waals surface area contributed by atoms with Crippen molar-refractivity contribution in [3.8, 4) is 6.07 Å². The summed E-state index contributed by atoms with van der Waals surface area (Å²) >= 11 is 0. The second kappa shape index (κ2) is 4.96. The van der Waals surface area contributed by atoms with E-state index in [1.807, 2.05) is 0 Å². The van der Waals surface area contributed by atoms with Gasteiger partial charge in [0.2, 0.25) is 0 Å². The van der Waals surface area contributed by atoms with Crippen LogP contribution in [0, 0.1) is 11.3 Å². The highest BCUT2D eigenvalue weighted by Crippen LogP contribution is 2.22. The Hall–Kier alpha value is -0.590. The van der Waals surface area contributed by atoms with Crippen molar-refractivity contribution in [2.75, 3.05) is 13.1 Å². The molecule has 3 nitrogen and oxygen atoms in total. The van der Waals surface area contributed by atoms with Gasteiger partial charge in [0.05, 0.1) is 6.07 Å². The molecule has 15 heavy (non-hydrogen) atoms. The van der Waals surface area contributed by atoms with Gasteiger partial charge in [-0.3, -0.25) is 10.2 Å². The van der Waals surface area contributed by atoms with Crippen molar-refractivity contribution in [3.05, 3.63) is 0 Å². The Balaban J connectivity index is 1.79. The largest absolute Gasteiger partial charge is 0.298 e. The van der Waals surface area contributed by atoms with Gasteiger partial charge in [-0.1, -0.05) is 6.92 Å². The topological polar surface area (TPSA) is 39.1 Å². The molecule has 1 aliphatic heterocycles. The Morgan fingerprint density at radius 3 is 2.87 bits per heavy atom. The van der Waals surface area contributed by atoms with Crippen molar-refractivity contribution in [1.29, 1.82) is 5.26 Å². The molecule has 2 atom stereocenters. The summed E-state index contributed by atoms with van der Waals surface area (Å²) in [6.45, 7) is 4.35. The summed E-state index contributed by atoms with van der Waals surface area (Å²) < 4.78 is 0. The van der Waals surface area contributed by atoms with Gasteiger partial charge in [0.15, 0.2) is 0 Å². The van der Waals surface area contributed by atoms with E-state index >= 15 is 0 Å². The van der Waals surface area contributed by atoms with Crippen molar-refractivity contribution in [2.24, 2.45) is 0 Å². The van der Waals surface area contributed by atoms with E-state index in [2.05, 4.69) is 23.2 Å². The van der Waals surface area contributed by atoms with E-state index in [1.54, 1.807) is 0 Å². The maximum atomic E-state index is 9.08. The summed E-state index contributed by atoms with van der Waals surface area (Å²) in [5, 5.41) is 12.5. The fourth-order valence-electron chi connectivity index (χ4n) is 2.50. The lowest BCUT2D eigenvalue weighted by Crippen LogP contribution is -2.43. The van der Waals surface area contributed by atoms with E-state index in [-0.39, 0.29) is 6.04 Å². The summed E-state index contributed by atoms with van der Waals surface area (Å²) in [4.78, 5) is 2.49. The minimum Gasteiger partial charge on any atom is -0.298 e. The molecule has 3 heteroatoms. The zero-order valence-corrected chi connectivity index (χ0v) is 9.58. The molecule has 0 radical (unpaired) electrons. The molecule has 0 bridgehead atoms. The van der Waals surface area contributed by atoms with Crippen LogP contribution in [0.5, 0.6) is 0 Å². The van der Waals surface area contributed by atoms with Gasteiger partial charge in [-0.2, -0.15) is 5.26 Å². The van der Waals surface area contributed by atoms with E-state index < -0.39 is 0 Å². The van der Waals surface area contributed by atoms with Crippen LogP contribution in [0.1, 0.15) is 39.0 Å². The summed E-state index contributed by atoms with van der Waals surface area (Å²) in [6, 6.07) is 3.80. The molecule has 0 aromatic carbocycles. The van der Waals surface area contributed by atoms with Crippen LogP contribution in [-0.2, 0) is 0 Å². The van der Waals surface area contributed by atoms with Crippen molar-refractivity contribution in [1.82, 2.24) is 10.2 Å². The Morgan fingerprint density at radius 2 is 2.27 bits per heavy atom. The third-order valence-corrected chi connectivity index (χ3v) is 3.56. The fraction of sp³-hybridized carbons (Fsp3) is 0.917. The number of rotatable bonds is 5. The number of hydrogen-bond donors (Lipinski definition) is 1. The highest BCUT2D eigenvalue weighted by Gasteiger charge is 2.29. The molecule has 1 aliphatic carbocycles. The van der Waals surface area contributed by atoms with Crippen LogP contribution in [0.2, 0.25) is 0 Å². The monoisotopic (exact) mass is 207 g/mol. The smallest absolute Gasteiger partial charge is 0.108 e. The van der Waals surface area contributed by atoms with Crippen LogP contribution in [-0.4, -0.2) is 36.1 Å². The molecule has 2 aliphatic rings. The van der Waals surface area contributed by atoms with Crippen LogP contribution < -0.4 is 5.32 Å². The van der Waals surface area contributed by atoms with Crippen LogP contribution in [0.4, 0.5) is 0 Å². The zero-order valence-electron chi connectivity index (χ0n) is 9.58. The number of hydrogen-bond acceptors (Lipinski definition) is 3. The minimum atomic E-state index is 0.0460. The highest BCUT2D eigenvalue weighted by molar-refractivity contribution is 4.98. The molecule has 0 aromatic rings. The van der Waals surface area contributed by atoms with Crippen LogP contribution in [0.25, 0.3) is 0 Å². The van der Waals surface area contributed by atoms with Crippen LogP contribution >= 0.6 is 0 Å². The second-order valence-corrected chi connectivity index (χ2v) is 4.82. The van der Waals surface area contributed by atoms with Gasteiger partial charge in [0.1, 0.15) is 6.04 Å². The molecule has 1 saturated carbocycles. The fourth-order valence-corrected chi connectivity index (χ4v) is 2.50. The first-order chi connectivity index (χ1) is 7.33. The van der Waals surface area contributed by atoms with Crippen LogP contribution in [0.15, 0.2) is 0 Å². The maximum Gasteiger partial charge on any atom is 0.108 e. The molecular weight excluding hydrogens is 186 g/mol. The van der Waals surface area contributed by atoms with Gasteiger partial charge in [-0.05, 0) is 38.6 Å². The number of nitriles is 1. The van der Waals surface area contributed by atoms with Crippen molar-refractivity contribution in [3.63, 3.8) is 0 Å². The van der Waals surface area contributed by atoms with Crippen LogP contribution in [0.3, 0.4) is 0 Å². The first-order valence-corrected chi connectivity index (χ1v) is 6.23. The van der Waals surface area contributed by atoms with E-state index in [9.17, 15) is 0 Å².